The summed E-state index contributed by atoms with van der Waals surface area (Å²) in [5.74, 6) is 0.564. The first-order valence-electron chi connectivity index (χ1n) is 9.71. The molecule has 29 heavy (non-hydrogen) atoms. The van der Waals surface area contributed by atoms with Crippen LogP contribution in [-0.2, 0) is 0 Å². The molecule has 6 nitrogen and oxygen atoms in total. The highest BCUT2D eigenvalue weighted by Crippen LogP contribution is 2.33. The lowest BCUT2D eigenvalue weighted by molar-refractivity contribution is 0.219. The maximum atomic E-state index is 14.5. The zero-order valence-electron chi connectivity index (χ0n) is 16.7. The molecule has 4 N–H and O–H groups in total. The number of hydrogen-bond acceptors (Lipinski definition) is 4. The van der Waals surface area contributed by atoms with E-state index in [0.29, 0.717) is 11.7 Å². The van der Waals surface area contributed by atoms with Crippen molar-refractivity contribution in [1.29, 1.82) is 0 Å². The highest BCUT2D eigenvalue weighted by Gasteiger charge is 2.26. The predicted octanol–water partition coefficient (Wildman–Crippen LogP) is 4.55. The monoisotopic (exact) mass is 393 g/mol. The second kappa shape index (κ2) is 7.31. The standard InChI is InChI=1S/C22H24FN5O/c1-11-4-15(5-11)27-22(29)28-20-8-16(12(2)6-18(20)23)17-7-14-10-25-21(24)9-19(14)26-13(17)3/h6-11,15H,4-5H2,1-3H3,(H2,24,25)(H2,27,28,29). The summed E-state index contributed by atoms with van der Waals surface area (Å²) < 4.78 is 14.5. The van der Waals surface area contributed by atoms with Crippen LogP contribution < -0.4 is 16.4 Å². The molecule has 1 aliphatic rings. The quantitative estimate of drug-likeness (QED) is 0.608. The minimum atomic E-state index is -0.468. The molecule has 0 unspecified atom stereocenters. The van der Waals surface area contributed by atoms with Crippen molar-refractivity contribution in [3.05, 3.63) is 47.5 Å². The maximum absolute atomic E-state index is 14.5. The van der Waals surface area contributed by atoms with Gasteiger partial charge in [-0.25, -0.2) is 14.2 Å². The number of anilines is 2. The molecule has 3 aromatic rings. The largest absolute Gasteiger partial charge is 0.384 e. The number of hydrogen-bond donors (Lipinski definition) is 3. The van der Waals surface area contributed by atoms with Crippen LogP contribution >= 0.6 is 0 Å². The Morgan fingerprint density at radius 3 is 2.66 bits per heavy atom. The Kier molecular flexibility index (Phi) is 4.82. The molecule has 150 valence electrons. The molecule has 0 atom stereocenters. The van der Waals surface area contributed by atoms with E-state index >= 15 is 0 Å². The van der Waals surface area contributed by atoms with Crippen molar-refractivity contribution in [2.24, 2.45) is 5.92 Å². The van der Waals surface area contributed by atoms with Crippen LogP contribution in [-0.4, -0.2) is 22.0 Å². The molecule has 1 fully saturated rings. The Hall–Kier alpha value is -3.22. The number of nitrogens with one attached hydrogen (secondary N) is 2. The minimum Gasteiger partial charge on any atom is -0.384 e. The summed E-state index contributed by atoms with van der Waals surface area (Å²) >= 11 is 0. The van der Waals surface area contributed by atoms with Crippen LogP contribution in [0.3, 0.4) is 0 Å². The second-order valence-corrected chi connectivity index (χ2v) is 7.94. The highest BCUT2D eigenvalue weighted by atomic mass is 19.1. The van der Waals surface area contributed by atoms with E-state index in [4.69, 9.17) is 5.73 Å². The number of aromatic nitrogens is 2. The van der Waals surface area contributed by atoms with Crippen molar-refractivity contribution in [3.63, 3.8) is 0 Å². The number of carbonyl (C=O) groups is 1. The van der Waals surface area contributed by atoms with Gasteiger partial charge in [0.1, 0.15) is 11.6 Å². The third kappa shape index (κ3) is 3.85. The fourth-order valence-corrected chi connectivity index (χ4v) is 3.88. The van der Waals surface area contributed by atoms with Crippen LogP contribution in [0.1, 0.15) is 31.0 Å². The van der Waals surface area contributed by atoms with Crippen LogP contribution in [0, 0.1) is 25.6 Å². The summed E-state index contributed by atoms with van der Waals surface area (Å²) in [6, 6.07) is 6.55. The van der Waals surface area contributed by atoms with Gasteiger partial charge in [0.05, 0.1) is 11.2 Å². The molecule has 1 aromatic carbocycles. The van der Waals surface area contributed by atoms with Crippen LogP contribution in [0.5, 0.6) is 0 Å². The number of urea groups is 1. The summed E-state index contributed by atoms with van der Waals surface area (Å²) in [6.45, 7) is 5.88. The number of nitrogens with two attached hydrogens (primary N) is 1. The summed E-state index contributed by atoms with van der Waals surface area (Å²) in [4.78, 5) is 21.0. The zero-order chi connectivity index (χ0) is 20.7. The van der Waals surface area contributed by atoms with E-state index < -0.39 is 5.82 Å². The average Bonchev–Trinajstić information content (AvgIpc) is 2.62. The Balaban J connectivity index is 1.66. The number of halogens is 1. The molecule has 2 aromatic heterocycles. The van der Waals surface area contributed by atoms with Gasteiger partial charge < -0.3 is 16.4 Å². The van der Waals surface area contributed by atoms with Gasteiger partial charge in [0.25, 0.3) is 0 Å². The molecule has 4 rings (SSSR count). The lowest BCUT2D eigenvalue weighted by Crippen LogP contribution is -2.45. The van der Waals surface area contributed by atoms with Gasteiger partial charge >= 0.3 is 6.03 Å². The Morgan fingerprint density at radius 1 is 1.17 bits per heavy atom. The first-order chi connectivity index (χ1) is 13.8. The molecular weight excluding hydrogens is 369 g/mol. The Morgan fingerprint density at radius 2 is 1.93 bits per heavy atom. The number of nitrogens with zero attached hydrogens (tertiary/aromatic N) is 2. The molecule has 7 heteroatoms. The Labute approximate surface area is 168 Å². The van der Waals surface area contributed by atoms with E-state index in [1.54, 1.807) is 18.3 Å². The first-order valence-corrected chi connectivity index (χ1v) is 9.71. The summed E-state index contributed by atoms with van der Waals surface area (Å²) in [6.07, 6.45) is 3.58. The first kappa shape index (κ1) is 19.1. The zero-order valence-corrected chi connectivity index (χ0v) is 16.7. The lowest BCUT2D eigenvalue weighted by atomic mass is 9.82. The van der Waals surface area contributed by atoms with Gasteiger partial charge in [-0.05, 0) is 61.9 Å². The number of rotatable bonds is 3. The van der Waals surface area contributed by atoms with E-state index in [1.165, 1.54) is 6.07 Å². The van der Waals surface area contributed by atoms with Gasteiger partial charge in [0.2, 0.25) is 0 Å². The molecule has 2 amide bonds. The van der Waals surface area contributed by atoms with Gasteiger partial charge in [-0.1, -0.05) is 6.92 Å². The van der Waals surface area contributed by atoms with E-state index in [0.717, 1.165) is 46.1 Å². The number of aryl methyl sites for hydroxylation is 2. The average molecular weight is 393 g/mol. The normalized spacial score (nSPS) is 18.3. The molecular formula is C22H24FN5O. The van der Waals surface area contributed by atoms with Crippen LogP contribution in [0.15, 0.2) is 30.5 Å². The van der Waals surface area contributed by atoms with E-state index in [1.807, 2.05) is 19.9 Å². The number of nitrogen functional groups attached to an aromatic ring is 1. The fourth-order valence-electron chi connectivity index (χ4n) is 3.88. The predicted molar refractivity (Wildman–Crippen MR) is 113 cm³/mol. The molecule has 1 aliphatic carbocycles. The van der Waals surface area contributed by atoms with Crippen LogP contribution in [0.25, 0.3) is 22.0 Å². The van der Waals surface area contributed by atoms with Crippen molar-refractivity contribution in [2.75, 3.05) is 11.1 Å². The van der Waals surface area contributed by atoms with Gasteiger partial charge in [0.15, 0.2) is 0 Å². The van der Waals surface area contributed by atoms with Gasteiger partial charge in [-0.15, -0.1) is 0 Å². The second-order valence-electron chi connectivity index (χ2n) is 7.94. The molecule has 0 saturated heterocycles. The molecule has 0 bridgehead atoms. The van der Waals surface area contributed by atoms with Crippen molar-refractivity contribution < 1.29 is 9.18 Å². The van der Waals surface area contributed by atoms with Gasteiger partial charge in [-0.2, -0.15) is 0 Å². The summed E-state index contributed by atoms with van der Waals surface area (Å²) in [5, 5.41) is 6.38. The molecule has 0 aliphatic heterocycles. The van der Waals surface area contributed by atoms with Gasteiger partial charge in [-0.3, -0.25) is 4.98 Å². The van der Waals surface area contributed by atoms with E-state index in [9.17, 15) is 9.18 Å². The third-order valence-electron chi connectivity index (χ3n) is 5.47. The number of amides is 2. The highest BCUT2D eigenvalue weighted by molar-refractivity contribution is 5.92. The van der Waals surface area contributed by atoms with Crippen molar-refractivity contribution in [2.45, 2.75) is 39.7 Å². The lowest BCUT2D eigenvalue weighted by Gasteiger charge is -2.33. The number of pyridine rings is 2. The summed E-state index contributed by atoms with van der Waals surface area (Å²) in [5.41, 5.74) is 9.86. The number of carbonyl (C=O) groups excluding carboxylic acids is 1. The van der Waals surface area contributed by atoms with Crippen LogP contribution in [0.4, 0.5) is 20.7 Å². The van der Waals surface area contributed by atoms with Gasteiger partial charge in [0, 0.05) is 34.9 Å². The topological polar surface area (TPSA) is 92.9 Å². The molecule has 1 saturated carbocycles. The third-order valence-corrected chi connectivity index (χ3v) is 5.47. The maximum Gasteiger partial charge on any atom is 0.319 e. The van der Waals surface area contributed by atoms with E-state index in [-0.39, 0.29) is 17.8 Å². The smallest absolute Gasteiger partial charge is 0.319 e. The summed E-state index contributed by atoms with van der Waals surface area (Å²) in [7, 11) is 0. The SMILES string of the molecule is Cc1cc(F)c(NC(=O)NC2CC(C)C2)cc1-c1cc2cnc(N)cc2nc1C. The fraction of sp³-hybridized carbons (Fsp3) is 0.318. The van der Waals surface area contributed by atoms with E-state index in [2.05, 4.69) is 27.5 Å². The molecule has 0 spiro atoms. The van der Waals surface area contributed by atoms with Crippen molar-refractivity contribution in [1.82, 2.24) is 15.3 Å². The Bertz CT molecular complexity index is 1110. The molecule has 2 heterocycles. The number of benzene rings is 1. The van der Waals surface area contributed by atoms with Crippen molar-refractivity contribution in [3.8, 4) is 11.1 Å². The van der Waals surface area contributed by atoms with Crippen LogP contribution in [0.2, 0.25) is 0 Å². The molecule has 0 radical (unpaired) electrons. The van der Waals surface area contributed by atoms with Crippen molar-refractivity contribution >= 4 is 28.4 Å². The number of fused-ring (bicyclic) bond motifs is 1. The minimum absolute atomic E-state index is 0.144.